The summed E-state index contributed by atoms with van der Waals surface area (Å²) in [6.45, 7) is 1.60. The Morgan fingerprint density at radius 2 is 1.64 bits per heavy atom. The molecule has 1 atom stereocenters. The molecule has 0 heterocycles. The van der Waals surface area contributed by atoms with Crippen molar-refractivity contribution in [2.75, 3.05) is 19.0 Å². The Bertz CT molecular complexity index is 790. The fourth-order valence-electron chi connectivity index (χ4n) is 2.23. The Kier molecular flexibility index (Phi) is 7.74. The van der Waals surface area contributed by atoms with Gasteiger partial charge in [-0.2, -0.15) is 0 Å². The van der Waals surface area contributed by atoms with Crippen molar-refractivity contribution in [1.82, 2.24) is 0 Å². The second-order valence-corrected chi connectivity index (χ2v) is 5.85. The molecule has 0 saturated heterocycles. The van der Waals surface area contributed by atoms with E-state index in [0.29, 0.717) is 17.9 Å². The molecular formula is C20H21F2NO5. The molecule has 1 N–H and O–H groups in total. The third-order valence-electron chi connectivity index (χ3n) is 3.74. The van der Waals surface area contributed by atoms with Crippen LogP contribution in [0.1, 0.15) is 19.8 Å². The second-order valence-electron chi connectivity index (χ2n) is 5.85. The molecule has 0 unspecified atom stereocenters. The number of nitrogens with one attached hydrogen (secondary N) is 1. The smallest absolute Gasteiger partial charge is 0.306 e. The molecule has 1 amide bonds. The first-order valence-electron chi connectivity index (χ1n) is 8.62. The SMILES string of the molecule is COc1ccc(OCCCC(=O)O[C@H](C)C(=O)Nc2c(F)cccc2F)cc1. The summed E-state index contributed by atoms with van der Waals surface area (Å²) in [7, 11) is 1.57. The molecule has 2 aromatic carbocycles. The van der Waals surface area contributed by atoms with Crippen LogP contribution in [0.5, 0.6) is 11.5 Å². The summed E-state index contributed by atoms with van der Waals surface area (Å²) < 4.78 is 42.6. The molecule has 6 nitrogen and oxygen atoms in total. The zero-order chi connectivity index (χ0) is 20.5. The lowest BCUT2D eigenvalue weighted by Gasteiger charge is -2.14. The number of methoxy groups -OCH3 is 1. The maximum absolute atomic E-state index is 13.5. The number of hydrogen-bond acceptors (Lipinski definition) is 5. The fraction of sp³-hybridized carbons (Fsp3) is 0.300. The quantitative estimate of drug-likeness (QED) is 0.519. The first kappa shape index (κ1) is 21.1. The van der Waals surface area contributed by atoms with E-state index in [0.717, 1.165) is 12.1 Å². The van der Waals surface area contributed by atoms with Gasteiger partial charge < -0.3 is 19.5 Å². The van der Waals surface area contributed by atoms with Gasteiger partial charge in [0.2, 0.25) is 0 Å². The van der Waals surface area contributed by atoms with Gasteiger partial charge in [-0.3, -0.25) is 9.59 Å². The monoisotopic (exact) mass is 393 g/mol. The minimum Gasteiger partial charge on any atom is -0.497 e. The summed E-state index contributed by atoms with van der Waals surface area (Å²) in [5, 5.41) is 2.08. The van der Waals surface area contributed by atoms with Gasteiger partial charge in [-0.25, -0.2) is 8.78 Å². The van der Waals surface area contributed by atoms with Crippen LogP contribution in [0.3, 0.4) is 0 Å². The molecule has 28 heavy (non-hydrogen) atoms. The molecule has 2 rings (SSSR count). The van der Waals surface area contributed by atoms with Crippen LogP contribution in [0, 0.1) is 11.6 Å². The number of esters is 1. The summed E-state index contributed by atoms with van der Waals surface area (Å²) in [6.07, 6.45) is -0.794. The van der Waals surface area contributed by atoms with Gasteiger partial charge in [-0.05, 0) is 49.7 Å². The molecule has 0 aliphatic rings. The van der Waals surface area contributed by atoms with E-state index in [1.165, 1.54) is 13.0 Å². The molecule has 0 bridgehead atoms. The maximum Gasteiger partial charge on any atom is 0.306 e. The van der Waals surface area contributed by atoms with E-state index in [2.05, 4.69) is 5.32 Å². The predicted octanol–water partition coefficient (Wildman–Crippen LogP) is 3.70. The summed E-state index contributed by atoms with van der Waals surface area (Å²) in [5.41, 5.74) is -0.580. The molecule has 8 heteroatoms. The number of hydrogen-bond donors (Lipinski definition) is 1. The van der Waals surface area contributed by atoms with Crippen molar-refractivity contribution < 1.29 is 32.6 Å². The van der Waals surface area contributed by atoms with E-state index in [-0.39, 0.29) is 13.0 Å². The summed E-state index contributed by atoms with van der Waals surface area (Å²) in [5.74, 6) is -1.93. The molecular weight excluding hydrogens is 372 g/mol. The van der Waals surface area contributed by atoms with Gasteiger partial charge in [0.05, 0.1) is 13.7 Å². The Morgan fingerprint density at radius 3 is 2.25 bits per heavy atom. The molecule has 0 aromatic heterocycles. The first-order chi connectivity index (χ1) is 13.4. The average molecular weight is 393 g/mol. The molecule has 0 saturated carbocycles. The van der Waals surface area contributed by atoms with Crippen molar-refractivity contribution in [3.8, 4) is 11.5 Å². The Hall–Kier alpha value is -3.16. The highest BCUT2D eigenvalue weighted by atomic mass is 19.1. The summed E-state index contributed by atoms with van der Waals surface area (Å²) in [4.78, 5) is 23.8. The number of carbonyl (C=O) groups excluding carboxylic acids is 2. The number of halogens is 2. The second kappa shape index (κ2) is 10.2. The van der Waals surface area contributed by atoms with E-state index in [1.807, 2.05) is 0 Å². The predicted molar refractivity (Wildman–Crippen MR) is 98.3 cm³/mol. The van der Waals surface area contributed by atoms with Gasteiger partial charge >= 0.3 is 5.97 Å². The van der Waals surface area contributed by atoms with Crippen molar-refractivity contribution in [3.63, 3.8) is 0 Å². The highest BCUT2D eigenvalue weighted by molar-refractivity contribution is 5.95. The molecule has 0 aliphatic carbocycles. The van der Waals surface area contributed by atoms with Crippen LogP contribution in [0.2, 0.25) is 0 Å². The van der Waals surface area contributed by atoms with Crippen LogP contribution in [0.25, 0.3) is 0 Å². The number of carbonyl (C=O) groups is 2. The van der Waals surface area contributed by atoms with E-state index < -0.39 is 35.3 Å². The van der Waals surface area contributed by atoms with Gasteiger partial charge in [0.25, 0.3) is 5.91 Å². The minimum absolute atomic E-state index is 0.0296. The number of anilines is 1. The third-order valence-corrected chi connectivity index (χ3v) is 3.74. The van der Waals surface area contributed by atoms with E-state index in [1.54, 1.807) is 31.4 Å². The number of benzene rings is 2. The van der Waals surface area contributed by atoms with Crippen LogP contribution in [-0.4, -0.2) is 31.7 Å². The highest BCUT2D eigenvalue weighted by Crippen LogP contribution is 2.19. The fourth-order valence-corrected chi connectivity index (χ4v) is 2.23. The van der Waals surface area contributed by atoms with E-state index in [4.69, 9.17) is 14.2 Å². The van der Waals surface area contributed by atoms with Crippen LogP contribution >= 0.6 is 0 Å². The van der Waals surface area contributed by atoms with Crippen LogP contribution in [0.4, 0.5) is 14.5 Å². The van der Waals surface area contributed by atoms with Crippen LogP contribution in [0.15, 0.2) is 42.5 Å². The summed E-state index contributed by atoms with van der Waals surface area (Å²) in [6, 6.07) is 10.2. The third kappa shape index (κ3) is 6.22. The molecule has 150 valence electrons. The Morgan fingerprint density at radius 1 is 1.04 bits per heavy atom. The molecule has 0 spiro atoms. The van der Waals surface area contributed by atoms with Crippen molar-refractivity contribution in [2.45, 2.75) is 25.9 Å². The summed E-state index contributed by atoms with van der Waals surface area (Å²) >= 11 is 0. The lowest BCUT2D eigenvalue weighted by Crippen LogP contribution is -2.30. The largest absolute Gasteiger partial charge is 0.497 e. The number of para-hydroxylation sites is 1. The van der Waals surface area contributed by atoms with E-state index in [9.17, 15) is 18.4 Å². The van der Waals surface area contributed by atoms with Gasteiger partial charge in [-0.1, -0.05) is 6.07 Å². The Labute approximate surface area is 161 Å². The van der Waals surface area contributed by atoms with Gasteiger partial charge in [0.15, 0.2) is 6.10 Å². The highest BCUT2D eigenvalue weighted by Gasteiger charge is 2.20. The topological polar surface area (TPSA) is 73.9 Å². The van der Waals surface area contributed by atoms with Crippen molar-refractivity contribution in [2.24, 2.45) is 0 Å². The lowest BCUT2D eigenvalue weighted by molar-refractivity contribution is -0.153. The Balaban J connectivity index is 1.72. The average Bonchev–Trinajstić information content (AvgIpc) is 2.68. The van der Waals surface area contributed by atoms with Gasteiger partial charge in [0, 0.05) is 6.42 Å². The molecule has 0 fully saturated rings. The standard InChI is InChI=1S/C20H21F2NO5/c1-13(20(25)23-19-16(21)5-3-6-17(19)22)28-18(24)7-4-12-27-15-10-8-14(26-2)9-11-15/h3,5-6,8-11,13H,4,7,12H2,1-2H3,(H,23,25)/t13-/m1/s1. The first-order valence-corrected chi connectivity index (χ1v) is 8.62. The minimum atomic E-state index is -1.20. The van der Waals surface area contributed by atoms with Gasteiger partial charge in [0.1, 0.15) is 28.8 Å². The molecule has 0 radical (unpaired) electrons. The van der Waals surface area contributed by atoms with Crippen molar-refractivity contribution in [1.29, 1.82) is 0 Å². The van der Waals surface area contributed by atoms with E-state index >= 15 is 0 Å². The molecule has 2 aromatic rings. The normalized spacial score (nSPS) is 11.4. The van der Waals surface area contributed by atoms with Crippen LogP contribution in [-0.2, 0) is 14.3 Å². The van der Waals surface area contributed by atoms with Crippen molar-refractivity contribution in [3.05, 3.63) is 54.1 Å². The lowest BCUT2D eigenvalue weighted by atomic mass is 10.2. The number of rotatable bonds is 9. The zero-order valence-electron chi connectivity index (χ0n) is 15.5. The zero-order valence-corrected chi connectivity index (χ0v) is 15.5. The number of ether oxygens (including phenoxy) is 3. The van der Waals surface area contributed by atoms with Crippen molar-refractivity contribution >= 4 is 17.6 Å². The molecule has 0 aliphatic heterocycles. The van der Waals surface area contributed by atoms with Crippen LogP contribution < -0.4 is 14.8 Å². The maximum atomic E-state index is 13.5. The van der Waals surface area contributed by atoms with Gasteiger partial charge in [-0.15, -0.1) is 0 Å². The number of amides is 1.